The molecule has 6 heteroatoms. The number of benzene rings is 2. The van der Waals surface area contributed by atoms with Gasteiger partial charge in [-0.15, -0.1) is 0 Å². The van der Waals surface area contributed by atoms with E-state index in [2.05, 4.69) is 11.1 Å². The summed E-state index contributed by atoms with van der Waals surface area (Å²) in [6.45, 7) is 0.318. The average Bonchev–Trinajstić information content (AvgIpc) is 3.10. The van der Waals surface area contributed by atoms with E-state index < -0.39 is 0 Å². The third-order valence-corrected chi connectivity index (χ3v) is 5.37. The summed E-state index contributed by atoms with van der Waals surface area (Å²) < 4.78 is 1.99. The number of nitriles is 1. The van der Waals surface area contributed by atoms with E-state index in [9.17, 15) is 14.9 Å². The van der Waals surface area contributed by atoms with Gasteiger partial charge in [0.15, 0.2) is 6.29 Å². The van der Waals surface area contributed by atoms with Gasteiger partial charge < -0.3 is 9.47 Å². The van der Waals surface area contributed by atoms with E-state index in [4.69, 9.17) is 0 Å². The number of para-hydroxylation sites is 1. The molecule has 0 aliphatic carbocycles. The highest BCUT2D eigenvalue weighted by Crippen LogP contribution is 2.32. The lowest BCUT2D eigenvalue weighted by Gasteiger charge is -2.18. The molecular weight excluding hydrogens is 388 g/mol. The summed E-state index contributed by atoms with van der Waals surface area (Å²) >= 11 is 0. The average molecular weight is 408 g/mol. The van der Waals surface area contributed by atoms with Gasteiger partial charge in [0.05, 0.1) is 16.8 Å². The molecule has 2 heterocycles. The van der Waals surface area contributed by atoms with Gasteiger partial charge in [0, 0.05) is 55.1 Å². The minimum Gasteiger partial charge on any atom is -0.342 e. The van der Waals surface area contributed by atoms with Crippen LogP contribution in [0.4, 0.5) is 0 Å². The number of hydrogen-bond acceptors (Lipinski definition) is 4. The highest BCUT2D eigenvalue weighted by atomic mass is 16.2. The van der Waals surface area contributed by atoms with Crippen molar-refractivity contribution in [2.45, 2.75) is 6.54 Å². The van der Waals surface area contributed by atoms with Gasteiger partial charge in [-0.05, 0) is 23.8 Å². The number of fused-ring (bicyclic) bond motifs is 1. The molecular formula is C25H20N4O2. The molecule has 0 radical (unpaired) electrons. The molecule has 0 saturated carbocycles. The summed E-state index contributed by atoms with van der Waals surface area (Å²) in [6, 6.07) is 18.8. The second kappa shape index (κ2) is 8.25. The number of carbonyl (C=O) groups excluding carboxylic acids is 2. The predicted molar refractivity (Wildman–Crippen MR) is 118 cm³/mol. The second-order valence-electron chi connectivity index (χ2n) is 7.36. The molecule has 4 rings (SSSR count). The first-order valence-corrected chi connectivity index (χ1v) is 9.76. The van der Waals surface area contributed by atoms with Gasteiger partial charge in [-0.25, -0.2) is 0 Å². The Morgan fingerprint density at radius 2 is 1.90 bits per heavy atom. The van der Waals surface area contributed by atoms with Gasteiger partial charge in [-0.3, -0.25) is 14.6 Å². The van der Waals surface area contributed by atoms with Crippen LogP contribution >= 0.6 is 0 Å². The third-order valence-electron chi connectivity index (χ3n) is 5.37. The third kappa shape index (κ3) is 3.58. The first-order chi connectivity index (χ1) is 15.0. The molecule has 0 bridgehead atoms. The largest absolute Gasteiger partial charge is 0.342 e. The first kappa shape index (κ1) is 20.0. The van der Waals surface area contributed by atoms with Crippen molar-refractivity contribution in [2.24, 2.45) is 7.05 Å². The van der Waals surface area contributed by atoms with Gasteiger partial charge >= 0.3 is 0 Å². The monoisotopic (exact) mass is 408 g/mol. The van der Waals surface area contributed by atoms with Crippen molar-refractivity contribution in [3.05, 3.63) is 89.2 Å². The van der Waals surface area contributed by atoms with Crippen molar-refractivity contribution < 1.29 is 9.59 Å². The maximum atomic E-state index is 12.9. The SMILES string of the molecule is CN(Cc1cncc(-c2c(C#N)c3ccccc3n2C)c1)C(=O)c1ccccc1C=O. The van der Waals surface area contributed by atoms with Crippen LogP contribution in [0.3, 0.4) is 0 Å². The number of nitrogens with zero attached hydrogens (tertiary/aromatic N) is 4. The summed E-state index contributed by atoms with van der Waals surface area (Å²) in [7, 11) is 3.62. The van der Waals surface area contributed by atoms with E-state index >= 15 is 0 Å². The first-order valence-electron chi connectivity index (χ1n) is 9.76. The molecule has 4 aromatic rings. The summed E-state index contributed by atoms with van der Waals surface area (Å²) in [5, 5.41) is 10.7. The summed E-state index contributed by atoms with van der Waals surface area (Å²) in [6.07, 6.45) is 4.11. The van der Waals surface area contributed by atoms with Crippen LogP contribution in [-0.2, 0) is 13.6 Å². The van der Waals surface area contributed by atoms with E-state index in [1.807, 2.05) is 41.9 Å². The molecule has 0 N–H and O–H groups in total. The van der Waals surface area contributed by atoms with Crippen LogP contribution in [0.2, 0.25) is 0 Å². The van der Waals surface area contributed by atoms with Crippen LogP contribution < -0.4 is 0 Å². The summed E-state index contributed by atoms with van der Waals surface area (Å²) in [4.78, 5) is 30.0. The van der Waals surface area contributed by atoms with Gasteiger partial charge in [-0.2, -0.15) is 5.26 Å². The molecule has 31 heavy (non-hydrogen) atoms. The van der Waals surface area contributed by atoms with Gasteiger partial charge in [0.1, 0.15) is 6.07 Å². The van der Waals surface area contributed by atoms with Gasteiger partial charge in [0.25, 0.3) is 5.91 Å². The Balaban J connectivity index is 1.68. The minimum atomic E-state index is -0.240. The molecule has 0 spiro atoms. The van der Waals surface area contributed by atoms with E-state index in [0.29, 0.717) is 29.5 Å². The topological polar surface area (TPSA) is 79.0 Å². The van der Waals surface area contributed by atoms with Crippen molar-refractivity contribution in [3.63, 3.8) is 0 Å². The Morgan fingerprint density at radius 3 is 2.68 bits per heavy atom. The van der Waals surface area contributed by atoms with Crippen molar-refractivity contribution in [1.29, 1.82) is 5.26 Å². The Hall–Kier alpha value is -4.24. The van der Waals surface area contributed by atoms with Crippen molar-refractivity contribution in [1.82, 2.24) is 14.5 Å². The zero-order chi connectivity index (χ0) is 22.0. The fourth-order valence-electron chi connectivity index (χ4n) is 3.89. The van der Waals surface area contributed by atoms with E-state index in [1.54, 1.807) is 48.6 Å². The second-order valence-corrected chi connectivity index (χ2v) is 7.36. The summed E-state index contributed by atoms with van der Waals surface area (Å²) in [5.74, 6) is -0.240. The number of carbonyl (C=O) groups is 2. The Bertz CT molecular complexity index is 1350. The van der Waals surface area contributed by atoms with Crippen molar-refractivity contribution >= 4 is 23.1 Å². The number of rotatable bonds is 5. The molecule has 0 atom stereocenters. The molecule has 0 unspecified atom stereocenters. The number of aldehydes is 1. The number of pyridine rings is 1. The number of aromatic nitrogens is 2. The fourth-order valence-corrected chi connectivity index (χ4v) is 3.89. The molecule has 0 fully saturated rings. The highest BCUT2D eigenvalue weighted by molar-refractivity contribution is 6.01. The molecule has 0 aliphatic heterocycles. The minimum absolute atomic E-state index is 0.240. The number of hydrogen-bond donors (Lipinski definition) is 0. The number of amides is 1. The predicted octanol–water partition coefficient (Wildman–Crippen LogP) is 4.20. The summed E-state index contributed by atoms with van der Waals surface area (Å²) in [5.41, 5.74) is 4.72. The Labute approximate surface area is 180 Å². The van der Waals surface area contributed by atoms with Gasteiger partial charge in [-0.1, -0.05) is 36.4 Å². The van der Waals surface area contributed by atoms with Crippen LogP contribution in [0.15, 0.2) is 67.0 Å². The Kier molecular flexibility index (Phi) is 5.33. The van der Waals surface area contributed by atoms with Crippen LogP contribution in [0.1, 0.15) is 31.8 Å². The lowest BCUT2D eigenvalue weighted by molar-refractivity contribution is 0.0782. The maximum Gasteiger partial charge on any atom is 0.254 e. The molecule has 0 aliphatic rings. The molecule has 0 saturated heterocycles. The van der Waals surface area contributed by atoms with E-state index in [-0.39, 0.29) is 5.91 Å². The van der Waals surface area contributed by atoms with E-state index in [0.717, 1.165) is 27.7 Å². The lowest BCUT2D eigenvalue weighted by Crippen LogP contribution is -2.27. The smallest absolute Gasteiger partial charge is 0.254 e. The fraction of sp³-hybridized carbons (Fsp3) is 0.120. The maximum absolute atomic E-state index is 12.9. The Morgan fingerprint density at radius 1 is 1.16 bits per heavy atom. The van der Waals surface area contributed by atoms with Crippen LogP contribution in [0.25, 0.3) is 22.2 Å². The van der Waals surface area contributed by atoms with E-state index in [1.165, 1.54) is 0 Å². The molecule has 6 nitrogen and oxygen atoms in total. The molecule has 152 valence electrons. The molecule has 2 aromatic heterocycles. The lowest BCUT2D eigenvalue weighted by atomic mass is 10.1. The van der Waals surface area contributed by atoms with Gasteiger partial charge in [0.2, 0.25) is 0 Å². The van der Waals surface area contributed by atoms with Crippen LogP contribution in [-0.4, -0.2) is 33.7 Å². The quantitative estimate of drug-likeness (QED) is 0.464. The molecule has 1 amide bonds. The van der Waals surface area contributed by atoms with Crippen LogP contribution in [0.5, 0.6) is 0 Å². The highest BCUT2D eigenvalue weighted by Gasteiger charge is 2.19. The van der Waals surface area contributed by atoms with Crippen molar-refractivity contribution in [3.8, 4) is 17.3 Å². The molecule has 2 aromatic carbocycles. The zero-order valence-corrected chi connectivity index (χ0v) is 17.2. The standard InChI is InChI=1S/C25H20N4O2/c1-28(25(31)20-8-4-3-7-18(20)16-30)15-17-11-19(14-27-13-17)24-22(12-26)21-9-5-6-10-23(21)29(24)2/h3-11,13-14,16H,15H2,1-2H3. The zero-order valence-electron chi connectivity index (χ0n) is 17.2. The number of aryl methyl sites for hydroxylation is 1. The van der Waals surface area contributed by atoms with Crippen molar-refractivity contribution in [2.75, 3.05) is 7.05 Å². The normalized spacial score (nSPS) is 10.6. The van der Waals surface area contributed by atoms with Crippen LogP contribution in [0, 0.1) is 11.3 Å².